The lowest BCUT2D eigenvalue weighted by atomic mass is 10.1. The Hall–Kier alpha value is -0.770. The number of hydrogen-bond donors (Lipinski definition) is 2. The first kappa shape index (κ1) is 10.2. The second-order valence-corrected chi connectivity index (χ2v) is 3.42. The van der Waals surface area contributed by atoms with Gasteiger partial charge in [-0.05, 0) is 27.9 Å². The molecule has 0 spiro atoms. The summed E-state index contributed by atoms with van der Waals surface area (Å²) in [5.41, 5.74) is 4.88. The van der Waals surface area contributed by atoms with Crippen molar-refractivity contribution in [1.82, 2.24) is 10.2 Å². The number of carbonyl (C=O) groups excluding carboxylic acids is 1. The lowest BCUT2D eigenvalue weighted by molar-refractivity contribution is 0.188. The van der Waals surface area contributed by atoms with Crippen molar-refractivity contribution in [1.29, 1.82) is 0 Å². The number of nitrogens with zero attached hydrogens (tertiary/aromatic N) is 1. The fraction of sp³-hybridized carbons (Fsp3) is 0.857. The zero-order chi connectivity index (χ0) is 9.07. The fourth-order valence-electron chi connectivity index (χ4n) is 0.462. The van der Waals surface area contributed by atoms with Gasteiger partial charge in [-0.15, -0.1) is 0 Å². The number of likely N-dealkylation sites (N-methyl/N-ethyl adjacent to an activating group) is 1. The molecule has 0 aromatic heterocycles. The first-order valence-corrected chi connectivity index (χ1v) is 3.57. The van der Waals surface area contributed by atoms with E-state index in [1.165, 1.54) is 0 Å². The predicted octanol–water partition coefficient (Wildman–Crippen LogP) is -0.00510. The van der Waals surface area contributed by atoms with Crippen LogP contribution in [0.2, 0.25) is 0 Å². The Labute approximate surface area is 67.7 Å². The van der Waals surface area contributed by atoms with Gasteiger partial charge in [0.25, 0.3) is 0 Å². The molecule has 0 unspecified atom stereocenters. The summed E-state index contributed by atoms with van der Waals surface area (Å²) in [5.74, 6) is 0. The average molecular weight is 159 g/mol. The van der Waals surface area contributed by atoms with Gasteiger partial charge in [-0.25, -0.2) is 4.79 Å². The summed E-state index contributed by atoms with van der Waals surface area (Å²) >= 11 is 0. The van der Waals surface area contributed by atoms with Crippen LogP contribution < -0.4 is 11.1 Å². The highest BCUT2D eigenvalue weighted by Crippen LogP contribution is 2.06. The highest BCUT2D eigenvalue weighted by Gasteiger charge is 2.20. The highest BCUT2D eigenvalue weighted by molar-refractivity contribution is 5.71. The van der Waals surface area contributed by atoms with Gasteiger partial charge >= 0.3 is 6.03 Å². The summed E-state index contributed by atoms with van der Waals surface area (Å²) in [6, 6.07) is -0.472. The van der Waals surface area contributed by atoms with Crippen LogP contribution in [0.15, 0.2) is 0 Å². The number of carbonyl (C=O) groups is 1. The average Bonchev–Trinajstić information content (AvgIpc) is 1.84. The van der Waals surface area contributed by atoms with Gasteiger partial charge in [0.2, 0.25) is 0 Å². The molecule has 0 aromatic rings. The van der Waals surface area contributed by atoms with Gasteiger partial charge in [0.05, 0.1) is 0 Å². The Kier molecular flexibility index (Phi) is 3.32. The van der Waals surface area contributed by atoms with Crippen LogP contribution in [-0.4, -0.2) is 37.1 Å². The lowest BCUT2D eigenvalue weighted by Gasteiger charge is -2.32. The van der Waals surface area contributed by atoms with E-state index in [0.29, 0.717) is 6.54 Å². The number of rotatable bonds is 3. The fourth-order valence-corrected chi connectivity index (χ4v) is 0.462. The standard InChI is InChI=1S/C7H17N3O/c1-7(2,10(3)4)5-9-6(8)11/h5H2,1-4H3,(H3,8,9,11). The molecule has 11 heavy (non-hydrogen) atoms. The molecule has 4 heteroatoms. The van der Waals surface area contributed by atoms with Gasteiger partial charge in [-0.1, -0.05) is 0 Å². The van der Waals surface area contributed by atoms with Crippen molar-refractivity contribution in [3.63, 3.8) is 0 Å². The molecule has 66 valence electrons. The molecule has 2 amide bonds. The molecule has 0 atom stereocenters. The molecule has 0 radical (unpaired) electrons. The van der Waals surface area contributed by atoms with Gasteiger partial charge in [-0.2, -0.15) is 0 Å². The Morgan fingerprint density at radius 3 is 2.27 bits per heavy atom. The van der Waals surface area contributed by atoms with E-state index in [-0.39, 0.29) is 5.54 Å². The van der Waals surface area contributed by atoms with Gasteiger partial charge in [0.15, 0.2) is 0 Å². The van der Waals surface area contributed by atoms with Gasteiger partial charge in [0, 0.05) is 12.1 Å². The summed E-state index contributed by atoms with van der Waals surface area (Å²) in [5, 5.41) is 2.56. The molecular formula is C7H17N3O. The quantitative estimate of drug-likeness (QED) is 0.608. The van der Waals surface area contributed by atoms with Crippen LogP contribution in [0.4, 0.5) is 4.79 Å². The number of primary amides is 1. The van der Waals surface area contributed by atoms with Gasteiger partial charge in [0.1, 0.15) is 0 Å². The summed E-state index contributed by atoms with van der Waals surface area (Å²) in [6.07, 6.45) is 0. The number of amides is 2. The summed E-state index contributed by atoms with van der Waals surface area (Å²) in [6.45, 7) is 4.63. The molecule has 0 bridgehead atoms. The highest BCUT2D eigenvalue weighted by atomic mass is 16.2. The first-order chi connectivity index (χ1) is 4.86. The van der Waals surface area contributed by atoms with E-state index in [9.17, 15) is 4.79 Å². The smallest absolute Gasteiger partial charge is 0.312 e. The minimum atomic E-state index is -0.472. The Morgan fingerprint density at radius 1 is 1.55 bits per heavy atom. The van der Waals surface area contributed by atoms with Crippen molar-refractivity contribution in [3.05, 3.63) is 0 Å². The molecule has 0 aliphatic heterocycles. The normalized spacial score (nSPS) is 11.7. The predicted molar refractivity (Wildman–Crippen MR) is 45.4 cm³/mol. The third-order valence-electron chi connectivity index (χ3n) is 1.91. The molecule has 3 N–H and O–H groups in total. The maximum Gasteiger partial charge on any atom is 0.312 e. The maximum atomic E-state index is 10.4. The van der Waals surface area contributed by atoms with Crippen molar-refractivity contribution in [3.8, 4) is 0 Å². The summed E-state index contributed by atoms with van der Waals surface area (Å²) < 4.78 is 0. The molecule has 0 aliphatic carbocycles. The maximum absolute atomic E-state index is 10.4. The van der Waals surface area contributed by atoms with Crippen LogP contribution in [0.1, 0.15) is 13.8 Å². The number of nitrogens with one attached hydrogen (secondary N) is 1. The molecule has 0 aromatic carbocycles. The van der Waals surface area contributed by atoms with Gasteiger partial charge < -0.3 is 16.0 Å². The number of hydrogen-bond acceptors (Lipinski definition) is 2. The summed E-state index contributed by atoms with van der Waals surface area (Å²) in [4.78, 5) is 12.4. The molecular weight excluding hydrogens is 142 g/mol. The van der Waals surface area contributed by atoms with Crippen LogP contribution >= 0.6 is 0 Å². The van der Waals surface area contributed by atoms with E-state index in [2.05, 4.69) is 5.32 Å². The Morgan fingerprint density at radius 2 is 2.00 bits per heavy atom. The first-order valence-electron chi connectivity index (χ1n) is 3.57. The van der Waals surface area contributed by atoms with E-state index in [4.69, 9.17) is 5.73 Å². The monoisotopic (exact) mass is 159 g/mol. The summed E-state index contributed by atoms with van der Waals surface area (Å²) in [7, 11) is 3.92. The van der Waals surface area contributed by atoms with Crippen molar-refractivity contribution in [2.75, 3.05) is 20.6 Å². The van der Waals surface area contributed by atoms with E-state index >= 15 is 0 Å². The van der Waals surface area contributed by atoms with Crippen LogP contribution in [0.5, 0.6) is 0 Å². The van der Waals surface area contributed by atoms with Crippen LogP contribution in [0.3, 0.4) is 0 Å². The minimum Gasteiger partial charge on any atom is -0.352 e. The van der Waals surface area contributed by atoms with Crippen molar-refractivity contribution < 1.29 is 4.79 Å². The van der Waals surface area contributed by atoms with E-state index in [1.54, 1.807) is 0 Å². The van der Waals surface area contributed by atoms with E-state index in [1.807, 2.05) is 32.8 Å². The van der Waals surface area contributed by atoms with Crippen molar-refractivity contribution in [2.24, 2.45) is 5.73 Å². The third kappa shape index (κ3) is 3.83. The van der Waals surface area contributed by atoms with Crippen molar-refractivity contribution >= 4 is 6.03 Å². The van der Waals surface area contributed by atoms with E-state index < -0.39 is 6.03 Å². The number of urea groups is 1. The molecule has 0 heterocycles. The van der Waals surface area contributed by atoms with Crippen LogP contribution in [0.25, 0.3) is 0 Å². The van der Waals surface area contributed by atoms with Gasteiger partial charge in [-0.3, -0.25) is 0 Å². The molecule has 0 saturated heterocycles. The molecule has 0 saturated carbocycles. The molecule has 0 aliphatic rings. The zero-order valence-corrected chi connectivity index (χ0v) is 7.64. The second-order valence-electron chi connectivity index (χ2n) is 3.42. The molecule has 4 nitrogen and oxygen atoms in total. The Bertz CT molecular complexity index is 143. The molecule has 0 fully saturated rings. The topological polar surface area (TPSA) is 58.4 Å². The largest absolute Gasteiger partial charge is 0.352 e. The number of nitrogens with two attached hydrogens (primary N) is 1. The SMILES string of the molecule is CN(C)C(C)(C)CNC(N)=O. The molecule has 0 rings (SSSR count). The zero-order valence-electron chi connectivity index (χ0n) is 7.64. The van der Waals surface area contributed by atoms with Crippen molar-refractivity contribution in [2.45, 2.75) is 19.4 Å². The second kappa shape index (κ2) is 3.57. The minimum absolute atomic E-state index is 0.0466. The van der Waals surface area contributed by atoms with E-state index in [0.717, 1.165) is 0 Å². The Balaban J connectivity index is 3.82. The van der Waals surface area contributed by atoms with Crippen LogP contribution in [0, 0.1) is 0 Å². The third-order valence-corrected chi connectivity index (χ3v) is 1.91. The van der Waals surface area contributed by atoms with Crippen LogP contribution in [-0.2, 0) is 0 Å². The lowest BCUT2D eigenvalue weighted by Crippen LogP contribution is -2.49.